The van der Waals surface area contributed by atoms with Crippen molar-refractivity contribution in [3.05, 3.63) is 64.7 Å². The summed E-state index contributed by atoms with van der Waals surface area (Å²) in [5.74, 6) is 0.417. The summed E-state index contributed by atoms with van der Waals surface area (Å²) in [7, 11) is -3.45. The molecule has 170 valence electrons. The number of carbonyl (C=O) groups is 1. The van der Waals surface area contributed by atoms with E-state index in [9.17, 15) is 13.2 Å². The first-order chi connectivity index (χ1) is 14.7. The normalized spacial score (nSPS) is 12.4. The number of unbranched alkanes of at least 4 members (excludes halogenated alkanes) is 1. The zero-order valence-electron chi connectivity index (χ0n) is 19.4. The number of sulfonamides is 1. The second kappa shape index (κ2) is 11.3. The molecular formula is C25H36N2O3S. The van der Waals surface area contributed by atoms with Gasteiger partial charge in [-0.25, -0.2) is 8.42 Å². The zero-order valence-corrected chi connectivity index (χ0v) is 20.3. The van der Waals surface area contributed by atoms with Crippen LogP contribution in [0, 0.1) is 19.8 Å². The average molecular weight is 445 g/mol. The van der Waals surface area contributed by atoms with E-state index in [2.05, 4.69) is 19.2 Å². The molecule has 1 atom stereocenters. The van der Waals surface area contributed by atoms with Gasteiger partial charge in [-0.1, -0.05) is 62.9 Å². The molecule has 0 saturated heterocycles. The van der Waals surface area contributed by atoms with Crippen LogP contribution in [-0.4, -0.2) is 27.1 Å². The molecule has 2 aromatic carbocycles. The highest BCUT2D eigenvalue weighted by molar-refractivity contribution is 7.92. The molecule has 6 heteroatoms. The predicted octanol–water partition coefficient (Wildman–Crippen LogP) is 5.22. The van der Waals surface area contributed by atoms with E-state index in [4.69, 9.17) is 0 Å². The topological polar surface area (TPSA) is 66.5 Å². The molecule has 1 N–H and O–H groups in total. The van der Waals surface area contributed by atoms with Crippen molar-refractivity contribution in [2.24, 2.45) is 5.92 Å². The van der Waals surface area contributed by atoms with Crippen LogP contribution in [0.3, 0.4) is 0 Å². The Balaban J connectivity index is 2.09. The van der Waals surface area contributed by atoms with Crippen molar-refractivity contribution in [2.75, 3.05) is 17.1 Å². The summed E-state index contributed by atoms with van der Waals surface area (Å²) < 4.78 is 26.3. The van der Waals surface area contributed by atoms with Gasteiger partial charge in [0.1, 0.15) is 0 Å². The van der Waals surface area contributed by atoms with Crippen molar-refractivity contribution in [3.63, 3.8) is 0 Å². The minimum absolute atomic E-state index is 0.0872. The number of carbonyl (C=O) groups excluding carboxylic acids is 1. The molecule has 0 radical (unpaired) electrons. The molecule has 0 fully saturated rings. The van der Waals surface area contributed by atoms with E-state index in [1.54, 1.807) is 12.1 Å². The molecule has 0 bridgehead atoms. The second-order valence-corrected chi connectivity index (χ2v) is 10.3. The maximum absolute atomic E-state index is 12.5. The lowest BCUT2D eigenvalue weighted by molar-refractivity contribution is 0.0946. The molecule has 0 spiro atoms. The number of nitrogens with zero attached hydrogens (tertiary/aromatic N) is 1. The third-order valence-electron chi connectivity index (χ3n) is 5.66. The molecule has 5 nitrogen and oxygen atoms in total. The van der Waals surface area contributed by atoms with Gasteiger partial charge in [-0.05, 0) is 55.5 Å². The summed E-state index contributed by atoms with van der Waals surface area (Å²) >= 11 is 0. The van der Waals surface area contributed by atoms with Gasteiger partial charge in [0.2, 0.25) is 10.0 Å². The van der Waals surface area contributed by atoms with Crippen molar-refractivity contribution in [3.8, 4) is 0 Å². The number of hydrogen-bond acceptors (Lipinski definition) is 3. The van der Waals surface area contributed by atoms with Gasteiger partial charge in [0.25, 0.3) is 5.91 Å². The molecule has 1 amide bonds. The molecule has 0 aromatic heterocycles. The predicted molar refractivity (Wildman–Crippen MR) is 129 cm³/mol. The summed E-state index contributed by atoms with van der Waals surface area (Å²) in [5.41, 5.74) is 4.09. The van der Waals surface area contributed by atoms with Crippen molar-refractivity contribution < 1.29 is 13.2 Å². The van der Waals surface area contributed by atoms with Crippen LogP contribution in [0.5, 0.6) is 0 Å². The van der Waals surface area contributed by atoms with E-state index in [1.165, 1.54) is 23.4 Å². The third-order valence-corrected chi connectivity index (χ3v) is 6.78. The Morgan fingerprint density at radius 3 is 2.29 bits per heavy atom. The van der Waals surface area contributed by atoms with Gasteiger partial charge in [0.15, 0.2) is 0 Å². The minimum Gasteiger partial charge on any atom is -0.352 e. The number of benzene rings is 2. The van der Waals surface area contributed by atoms with Gasteiger partial charge in [0, 0.05) is 12.1 Å². The van der Waals surface area contributed by atoms with Crippen molar-refractivity contribution >= 4 is 21.6 Å². The van der Waals surface area contributed by atoms with Crippen LogP contribution in [0.1, 0.15) is 66.6 Å². The SMILES string of the molecule is CCCC[C@@H](CC)CNC(=O)c1ccc(CN(c2ccc(C)cc2C)S(C)(=O)=O)cc1. The van der Waals surface area contributed by atoms with Crippen LogP contribution in [0.15, 0.2) is 42.5 Å². The fourth-order valence-electron chi connectivity index (χ4n) is 3.68. The lowest BCUT2D eigenvalue weighted by atomic mass is 9.99. The maximum atomic E-state index is 12.5. The van der Waals surface area contributed by atoms with Gasteiger partial charge in [-0.2, -0.15) is 0 Å². The number of aryl methyl sites for hydroxylation is 2. The van der Waals surface area contributed by atoms with E-state index < -0.39 is 10.0 Å². The van der Waals surface area contributed by atoms with Crippen LogP contribution < -0.4 is 9.62 Å². The van der Waals surface area contributed by atoms with Gasteiger partial charge < -0.3 is 5.32 Å². The first-order valence-corrected chi connectivity index (χ1v) is 12.9. The van der Waals surface area contributed by atoms with Crippen molar-refractivity contribution in [1.82, 2.24) is 5.32 Å². The quantitative estimate of drug-likeness (QED) is 0.517. The van der Waals surface area contributed by atoms with Crippen LogP contribution in [0.25, 0.3) is 0 Å². The standard InChI is InChI=1S/C25H36N2O3S/c1-6-8-9-21(7-2)17-26-25(28)23-13-11-22(12-14-23)18-27(31(5,29)30)24-15-10-19(3)16-20(24)4/h10-16,21H,6-9,17-18H2,1-5H3,(H,26,28)/t21-/m1/s1. The number of rotatable bonds is 11. The number of nitrogens with one attached hydrogen (secondary N) is 1. The van der Waals surface area contributed by atoms with Gasteiger partial charge >= 0.3 is 0 Å². The molecule has 0 unspecified atom stereocenters. The summed E-state index contributed by atoms with van der Waals surface area (Å²) in [5, 5.41) is 3.04. The molecule has 31 heavy (non-hydrogen) atoms. The molecule has 2 rings (SSSR count). The van der Waals surface area contributed by atoms with Crippen molar-refractivity contribution in [1.29, 1.82) is 0 Å². The number of hydrogen-bond donors (Lipinski definition) is 1. The van der Waals surface area contributed by atoms with Crippen molar-refractivity contribution in [2.45, 2.75) is 59.9 Å². The number of amides is 1. The largest absolute Gasteiger partial charge is 0.352 e. The van der Waals surface area contributed by atoms with E-state index >= 15 is 0 Å². The first kappa shape index (κ1) is 24.9. The second-order valence-electron chi connectivity index (χ2n) is 8.38. The smallest absolute Gasteiger partial charge is 0.251 e. The van der Waals surface area contributed by atoms with Crippen LogP contribution in [0.4, 0.5) is 5.69 Å². The Morgan fingerprint density at radius 2 is 1.74 bits per heavy atom. The highest BCUT2D eigenvalue weighted by atomic mass is 32.2. The highest BCUT2D eigenvalue weighted by Crippen LogP contribution is 2.25. The van der Waals surface area contributed by atoms with E-state index in [1.807, 2.05) is 44.2 Å². The summed E-state index contributed by atoms with van der Waals surface area (Å²) in [6.45, 7) is 9.14. The molecular weight excluding hydrogens is 408 g/mol. The number of anilines is 1. The maximum Gasteiger partial charge on any atom is 0.251 e. The molecule has 2 aromatic rings. The van der Waals surface area contributed by atoms with Gasteiger partial charge in [0.05, 0.1) is 18.5 Å². The van der Waals surface area contributed by atoms with E-state index in [0.29, 0.717) is 23.7 Å². The minimum atomic E-state index is -3.45. The van der Waals surface area contributed by atoms with Crippen LogP contribution >= 0.6 is 0 Å². The average Bonchev–Trinajstić information content (AvgIpc) is 2.72. The lowest BCUT2D eigenvalue weighted by Crippen LogP contribution is -2.30. The Morgan fingerprint density at radius 1 is 1.06 bits per heavy atom. The fourth-order valence-corrected chi connectivity index (χ4v) is 4.62. The molecule has 0 aliphatic heterocycles. The van der Waals surface area contributed by atoms with E-state index in [0.717, 1.165) is 29.5 Å². The Bertz CT molecular complexity index is 969. The highest BCUT2D eigenvalue weighted by Gasteiger charge is 2.20. The zero-order chi connectivity index (χ0) is 23.0. The summed E-state index contributed by atoms with van der Waals surface area (Å²) in [4.78, 5) is 12.5. The third kappa shape index (κ3) is 7.39. The molecule has 0 aliphatic carbocycles. The van der Waals surface area contributed by atoms with Gasteiger partial charge in [-0.3, -0.25) is 9.10 Å². The Kier molecular flexibility index (Phi) is 9.11. The summed E-state index contributed by atoms with van der Waals surface area (Å²) in [6, 6.07) is 12.9. The first-order valence-electron chi connectivity index (χ1n) is 11.1. The summed E-state index contributed by atoms with van der Waals surface area (Å²) in [6.07, 6.45) is 5.75. The molecule has 0 saturated carbocycles. The van der Waals surface area contributed by atoms with Gasteiger partial charge in [-0.15, -0.1) is 0 Å². The lowest BCUT2D eigenvalue weighted by Gasteiger charge is -2.24. The van der Waals surface area contributed by atoms with E-state index in [-0.39, 0.29) is 12.5 Å². The fraction of sp³-hybridized carbons (Fsp3) is 0.480. The monoisotopic (exact) mass is 444 g/mol. The Hall–Kier alpha value is -2.34. The van der Waals surface area contributed by atoms with Crippen LogP contribution in [0.2, 0.25) is 0 Å². The Labute approximate surface area is 187 Å². The molecule has 0 heterocycles. The van der Waals surface area contributed by atoms with Crippen LogP contribution in [-0.2, 0) is 16.6 Å². The molecule has 0 aliphatic rings.